The summed E-state index contributed by atoms with van der Waals surface area (Å²) in [5.41, 5.74) is -0.484. The molecule has 0 atom stereocenters. The van der Waals surface area contributed by atoms with Gasteiger partial charge in [-0.3, -0.25) is 4.79 Å². The molecule has 17 heavy (non-hydrogen) atoms. The smallest absolute Gasteiger partial charge is 0.407 e. The van der Waals surface area contributed by atoms with Gasteiger partial charge in [0.15, 0.2) is 0 Å². The first-order valence-electron chi connectivity index (χ1n) is 5.59. The highest BCUT2D eigenvalue weighted by Gasteiger charge is 2.15. The van der Waals surface area contributed by atoms with Gasteiger partial charge in [0.1, 0.15) is 5.60 Å². The van der Waals surface area contributed by atoms with Gasteiger partial charge in [0.2, 0.25) is 0 Å². The van der Waals surface area contributed by atoms with Crippen LogP contribution in [0.3, 0.4) is 0 Å². The highest BCUT2D eigenvalue weighted by atomic mass is 16.6. The Morgan fingerprint density at radius 1 is 1.12 bits per heavy atom. The van der Waals surface area contributed by atoms with Crippen LogP contribution in [0.15, 0.2) is 0 Å². The fourth-order valence-electron chi connectivity index (χ4n) is 0.985. The summed E-state index contributed by atoms with van der Waals surface area (Å²) in [6, 6.07) is 0. The van der Waals surface area contributed by atoms with Gasteiger partial charge >= 0.3 is 12.1 Å². The van der Waals surface area contributed by atoms with E-state index in [1.807, 2.05) is 0 Å². The number of nitrogens with one attached hydrogen (secondary N) is 2. The number of ether oxygens (including phenoxy) is 2. The van der Waals surface area contributed by atoms with E-state index in [0.29, 0.717) is 26.1 Å². The summed E-state index contributed by atoms with van der Waals surface area (Å²) in [7, 11) is 1.35. The van der Waals surface area contributed by atoms with Crippen LogP contribution in [0.5, 0.6) is 0 Å². The maximum atomic E-state index is 11.2. The zero-order valence-corrected chi connectivity index (χ0v) is 11.0. The van der Waals surface area contributed by atoms with Gasteiger partial charge in [0, 0.05) is 19.6 Å². The van der Waals surface area contributed by atoms with Crippen molar-refractivity contribution in [3.05, 3.63) is 0 Å². The lowest BCUT2D eigenvalue weighted by atomic mass is 10.2. The SMILES string of the molecule is COC(=O)CCNCCNC(=O)OC(C)(C)C. The number of amides is 1. The van der Waals surface area contributed by atoms with E-state index in [0.717, 1.165) is 0 Å². The van der Waals surface area contributed by atoms with E-state index >= 15 is 0 Å². The summed E-state index contributed by atoms with van der Waals surface area (Å²) in [5, 5.41) is 5.60. The first-order valence-corrected chi connectivity index (χ1v) is 5.59. The highest BCUT2D eigenvalue weighted by molar-refractivity contribution is 5.69. The maximum absolute atomic E-state index is 11.2. The topological polar surface area (TPSA) is 76.7 Å². The molecule has 1 amide bonds. The molecule has 0 aromatic heterocycles. The Bertz CT molecular complexity index is 248. The third-order valence-corrected chi connectivity index (χ3v) is 1.70. The third-order valence-electron chi connectivity index (χ3n) is 1.70. The van der Waals surface area contributed by atoms with E-state index < -0.39 is 11.7 Å². The first kappa shape index (κ1) is 15.7. The van der Waals surface area contributed by atoms with Crippen LogP contribution < -0.4 is 10.6 Å². The predicted octanol–water partition coefficient (Wildman–Crippen LogP) is 0.664. The number of carbonyl (C=O) groups is 2. The number of rotatable bonds is 6. The lowest BCUT2D eigenvalue weighted by molar-refractivity contribution is -0.140. The van der Waals surface area contributed by atoms with Crippen molar-refractivity contribution >= 4 is 12.1 Å². The number of hydrogen-bond donors (Lipinski definition) is 2. The van der Waals surface area contributed by atoms with Crippen molar-refractivity contribution < 1.29 is 19.1 Å². The minimum atomic E-state index is -0.484. The van der Waals surface area contributed by atoms with Crippen molar-refractivity contribution in [2.45, 2.75) is 32.8 Å². The number of alkyl carbamates (subject to hydrolysis) is 1. The zero-order valence-electron chi connectivity index (χ0n) is 11.0. The first-order chi connectivity index (χ1) is 7.85. The van der Waals surface area contributed by atoms with Crippen molar-refractivity contribution in [2.75, 3.05) is 26.7 Å². The Hall–Kier alpha value is -1.30. The highest BCUT2D eigenvalue weighted by Crippen LogP contribution is 2.05. The molecule has 0 heterocycles. The van der Waals surface area contributed by atoms with Crippen LogP contribution >= 0.6 is 0 Å². The molecule has 0 aliphatic carbocycles. The average Bonchev–Trinajstić information content (AvgIpc) is 2.20. The molecule has 100 valence electrons. The van der Waals surface area contributed by atoms with E-state index in [-0.39, 0.29) is 5.97 Å². The summed E-state index contributed by atoms with van der Waals surface area (Å²) >= 11 is 0. The van der Waals surface area contributed by atoms with Gasteiger partial charge < -0.3 is 20.1 Å². The van der Waals surface area contributed by atoms with Gasteiger partial charge in [-0.15, -0.1) is 0 Å². The standard InChI is InChI=1S/C11H22N2O4/c1-11(2,3)17-10(15)13-8-7-12-6-5-9(14)16-4/h12H,5-8H2,1-4H3,(H,13,15). The molecule has 0 fully saturated rings. The minimum absolute atomic E-state index is 0.252. The van der Waals surface area contributed by atoms with Crippen LogP contribution in [0.2, 0.25) is 0 Å². The maximum Gasteiger partial charge on any atom is 0.407 e. The second-order valence-corrected chi connectivity index (χ2v) is 4.50. The molecule has 0 aliphatic heterocycles. The molecule has 0 spiro atoms. The second kappa shape index (κ2) is 7.89. The third kappa shape index (κ3) is 11.0. The normalized spacial score (nSPS) is 10.8. The molecule has 6 nitrogen and oxygen atoms in total. The Morgan fingerprint density at radius 2 is 1.76 bits per heavy atom. The predicted molar refractivity (Wildman–Crippen MR) is 63.7 cm³/mol. The van der Waals surface area contributed by atoms with Gasteiger partial charge in [0.25, 0.3) is 0 Å². The molecule has 0 saturated heterocycles. The lowest BCUT2D eigenvalue weighted by Gasteiger charge is -2.19. The van der Waals surface area contributed by atoms with Gasteiger partial charge in [-0.1, -0.05) is 0 Å². The molecule has 0 saturated carbocycles. The minimum Gasteiger partial charge on any atom is -0.469 e. The van der Waals surface area contributed by atoms with Crippen molar-refractivity contribution in [1.82, 2.24) is 10.6 Å². The molecular weight excluding hydrogens is 224 g/mol. The number of methoxy groups -OCH3 is 1. The largest absolute Gasteiger partial charge is 0.469 e. The molecule has 6 heteroatoms. The summed E-state index contributed by atoms with van der Waals surface area (Å²) in [5.74, 6) is -0.252. The van der Waals surface area contributed by atoms with E-state index in [1.165, 1.54) is 7.11 Å². The van der Waals surface area contributed by atoms with Crippen LogP contribution in [0.1, 0.15) is 27.2 Å². The Morgan fingerprint density at radius 3 is 2.29 bits per heavy atom. The molecule has 0 aromatic rings. The van der Waals surface area contributed by atoms with Crippen LogP contribution in [-0.2, 0) is 14.3 Å². The van der Waals surface area contributed by atoms with Gasteiger partial charge in [-0.2, -0.15) is 0 Å². The molecule has 0 unspecified atom stereocenters. The summed E-state index contributed by atoms with van der Waals surface area (Å²) in [6.07, 6.45) is -0.115. The van der Waals surface area contributed by atoms with Crippen molar-refractivity contribution in [3.63, 3.8) is 0 Å². The van der Waals surface area contributed by atoms with Gasteiger partial charge in [0.05, 0.1) is 13.5 Å². The summed E-state index contributed by atoms with van der Waals surface area (Å²) in [4.78, 5) is 22.0. The molecule has 0 aromatic carbocycles. The fraction of sp³-hybridized carbons (Fsp3) is 0.818. The van der Waals surface area contributed by atoms with Crippen LogP contribution in [0.4, 0.5) is 4.79 Å². The quantitative estimate of drug-likeness (QED) is 0.532. The van der Waals surface area contributed by atoms with Crippen molar-refractivity contribution in [3.8, 4) is 0 Å². The number of esters is 1. The monoisotopic (exact) mass is 246 g/mol. The summed E-state index contributed by atoms with van der Waals surface area (Å²) in [6.45, 7) is 6.98. The van der Waals surface area contributed by atoms with Crippen molar-refractivity contribution in [1.29, 1.82) is 0 Å². The van der Waals surface area contributed by atoms with Crippen LogP contribution in [0, 0.1) is 0 Å². The Labute approximate surface area is 102 Å². The lowest BCUT2D eigenvalue weighted by Crippen LogP contribution is -2.36. The van der Waals surface area contributed by atoms with Crippen LogP contribution in [-0.4, -0.2) is 44.4 Å². The van der Waals surface area contributed by atoms with Gasteiger partial charge in [-0.05, 0) is 20.8 Å². The van der Waals surface area contributed by atoms with Crippen LogP contribution in [0.25, 0.3) is 0 Å². The van der Waals surface area contributed by atoms with E-state index in [1.54, 1.807) is 20.8 Å². The van der Waals surface area contributed by atoms with Crippen molar-refractivity contribution in [2.24, 2.45) is 0 Å². The van der Waals surface area contributed by atoms with E-state index in [9.17, 15) is 9.59 Å². The summed E-state index contributed by atoms with van der Waals surface area (Å²) < 4.78 is 9.53. The fourth-order valence-corrected chi connectivity index (χ4v) is 0.985. The molecule has 2 N–H and O–H groups in total. The van der Waals surface area contributed by atoms with Gasteiger partial charge in [-0.25, -0.2) is 4.79 Å². The molecule has 0 aliphatic rings. The average molecular weight is 246 g/mol. The number of carbonyl (C=O) groups excluding carboxylic acids is 2. The Balaban J connectivity index is 3.40. The molecule has 0 radical (unpaired) electrons. The molecule has 0 bridgehead atoms. The number of hydrogen-bond acceptors (Lipinski definition) is 5. The molecule has 0 rings (SSSR count). The Kier molecular flexibility index (Phi) is 7.29. The second-order valence-electron chi connectivity index (χ2n) is 4.50. The van der Waals surface area contributed by atoms with E-state index in [4.69, 9.17) is 4.74 Å². The molecular formula is C11H22N2O4. The van der Waals surface area contributed by atoms with E-state index in [2.05, 4.69) is 15.4 Å². The zero-order chi connectivity index (χ0) is 13.3.